The van der Waals surface area contributed by atoms with Crippen LogP contribution in [0.25, 0.3) is 0 Å². The maximum atomic E-state index is 5.97. The molecule has 1 aliphatic carbocycles. The summed E-state index contributed by atoms with van der Waals surface area (Å²) in [5, 5.41) is 3.61. The molecule has 0 aromatic heterocycles. The number of nitrogens with one attached hydrogen (secondary N) is 1. The zero-order valence-corrected chi connectivity index (χ0v) is 12.8. The number of nitrogens with two attached hydrogens (primary N) is 1. The first-order valence-electron chi connectivity index (χ1n) is 7.99. The molecule has 0 radical (unpaired) electrons. The van der Waals surface area contributed by atoms with Gasteiger partial charge in [0, 0.05) is 29.5 Å². The minimum absolute atomic E-state index is 0.496. The van der Waals surface area contributed by atoms with Crippen LogP contribution in [0.4, 0.5) is 11.4 Å². The molecule has 0 amide bonds. The number of hydrogen-bond acceptors (Lipinski definition) is 3. The second-order valence-electron chi connectivity index (χ2n) is 5.97. The van der Waals surface area contributed by atoms with Gasteiger partial charge in [-0.25, -0.2) is 0 Å². The van der Waals surface area contributed by atoms with E-state index in [4.69, 9.17) is 10.5 Å². The Morgan fingerprint density at radius 1 is 1.25 bits per heavy atom. The Bertz CT molecular complexity index is 413. The van der Waals surface area contributed by atoms with E-state index in [9.17, 15) is 0 Å². The van der Waals surface area contributed by atoms with E-state index in [-0.39, 0.29) is 0 Å². The second kappa shape index (κ2) is 7.41. The molecular formula is C17H28N2O. The van der Waals surface area contributed by atoms with Gasteiger partial charge in [-0.05, 0) is 38.2 Å². The summed E-state index contributed by atoms with van der Waals surface area (Å²) < 4.78 is 5.68. The van der Waals surface area contributed by atoms with E-state index in [1.165, 1.54) is 32.1 Å². The van der Waals surface area contributed by atoms with E-state index < -0.39 is 0 Å². The summed E-state index contributed by atoms with van der Waals surface area (Å²) in [6.07, 6.45) is 7.84. The van der Waals surface area contributed by atoms with Gasteiger partial charge in [0.05, 0.1) is 6.61 Å². The number of nitrogen functional groups attached to an aromatic ring is 1. The normalized spacial score (nSPS) is 17.7. The molecule has 0 bridgehead atoms. The van der Waals surface area contributed by atoms with Crippen molar-refractivity contribution in [3.05, 3.63) is 18.2 Å². The average molecular weight is 276 g/mol. The van der Waals surface area contributed by atoms with Gasteiger partial charge in [0.15, 0.2) is 0 Å². The third-order valence-electron chi connectivity index (χ3n) is 4.15. The average Bonchev–Trinajstić information content (AvgIpc) is 2.45. The van der Waals surface area contributed by atoms with Gasteiger partial charge >= 0.3 is 0 Å². The fraction of sp³-hybridized carbons (Fsp3) is 0.647. The lowest BCUT2D eigenvalue weighted by Gasteiger charge is -2.29. The topological polar surface area (TPSA) is 47.3 Å². The molecule has 0 heterocycles. The van der Waals surface area contributed by atoms with Crippen molar-refractivity contribution in [2.45, 2.75) is 58.4 Å². The van der Waals surface area contributed by atoms with E-state index in [0.717, 1.165) is 36.1 Å². The highest BCUT2D eigenvalue weighted by molar-refractivity contribution is 5.59. The molecule has 1 fully saturated rings. The van der Waals surface area contributed by atoms with Gasteiger partial charge in [-0.1, -0.05) is 26.2 Å². The molecule has 1 atom stereocenters. The van der Waals surface area contributed by atoms with Crippen molar-refractivity contribution in [1.29, 1.82) is 0 Å². The molecule has 3 nitrogen and oxygen atoms in total. The van der Waals surface area contributed by atoms with E-state index in [1.807, 2.05) is 12.1 Å². The lowest BCUT2D eigenvalue weighted by Crippen LogP contribution is -2.27. The van der Waals surface area contributed by atoms with Crippen molar-refractivity contribution < 1.29 is 4.74 Å². The van der Waals surface area contributed by atoms with Crippen LogP contribution in [0.2, 0.25) is 0 Å². The van der Waals surface area contributed by atoms with Crippen molar-refractivity contribution in [3.63, 3.8) is 0 Å². The summed E-state index contributed by atoms with van der Waals surface area (Å²) in [5.41, 5.74) is 7.80. The molecule has 2 rings (SSSR count). The molecule has 1 saturated carbocycles. The summed E-state index contributed by atoms with van der Waals surface area (Å²) >= 11 is 0. The van der Waals surface area contributed by atoms with Crippen LogP contribution >= 0.6 is 0 Å². The van der Waals surface area contributed by atoms with Crippen molar-refractivity contribution in [2.75, 3.05) is 17.7 Å². The SMILES string of the molecule is CCCOc1cc(N)cc(NC(C)C2CCCCC2)c1. The Hall–Kier alpha value is -1.38. The molecule has 20 heavy (non-hydrogen) atoms. The van der Waals surface area contributed by atoms with Crippen LogP contribution < -0.4 is 15.8 Å². The maximum Gasteiger partial charge on any atom is 0.123 e. The summed E-state index contributed by atoms with van der Waals surface area (Å²) in [4.78, 5) is 0. The van der Waals surface area contributed by atoms with Crippen molar-refractivity contribution in [1.82, 2.24) is 0 Å². The van der Waals surface area contributed by atoms with Crippen LogP contribution in [-0.2, 0) is 0 Å². The van der Waals surface area contributed by atoms with Crippen molar-refractivity contribution in [2.24, 2.45) is 5.92 Å². The zero-order valence-electron chi connectivity index (χ0n) is 12.8. The molecule has 1 unspecified atom stereocenters. The Morgan fingerprint density at radius 2 is 2.00 bits per heavy atom. The number of benzene rings is 1. The van der Waals surface area contributed by atoms with Gasteiger partial charge in [-0.15, -0.1) is 0 Å². The molecule has 112 valence electrons. The highest BCUT2D eigenvalue weighted by Crippen LogP contribution is 2.29. The first-order chi connectivity index (χ1) is 9.69. The highest BCUT2D eigenvalue weighted by atomic mass is 16.5. The molecule has 1 aliphatic rings. The molecule has 0 saturated heterocycles. The zero-order chi connectivity index (χ0) is 14.4. The van der Waals surface area contributed by atoms with Crippen LogP contribution in [0.3, 0.4) is 0 Å². The van der Waals surface area contributed by atoms with E-state index in [0.29, 0.717) is 6.04 Å². The summed E-state index contributed by atoms with van der Waals surface area (Å²) in [5.74, 6) is 1.65. The molecule has 0 spiro atoms. The van der Waals surface area contributed by atoms with Gasteiger partial charge in [-0.2, -0.15) is 0 Å². The minimum Gasteiger partial charge on any atom is -0.493 e. The van der Waals surface area contributed by atoms with E-state index in [2.05, 4.69) is 25.2 Å². The minimum atomic E-state index is 0.496. The van der Waals surface area contributed by atoms with Gasteiger partial charge < -0.3 is 15.8 Å². The molecule has 0 aliphatic heterocycles. The Morgan fingerprint density at radius 3 is 2.70 bits per heavy atom. The number of ether oxygens (including phenoxy) is 1. The lowest BCUT2D eigenvalue weighted by atomic mass is 9.84. The first-order valence-corrected chi connectivity index (χ1v) is 7.99. The molecule has 3 N–H and O–H groups in total. The van der Waals surface area contributed by atoms with Crippen molar-refractivity contribution in [3.8, 4) is 5.75 Å². The molecule has 1 aromatic carbocycles. The van der Waals surface area contributed by atoms with Crippen LogP contribution in [-0.4, -0.2) is 12.6 Å². The van der Waals surface area contributed by atoms with Gasteiger partial charge in [-0.3, -0.25) is 0 Å². The largest absolute Gasteiger partial charge is 0.493 e. The Kier molecular flexibility index (Phi) is 5.57. The third kappa shape index (κ3) is 4.32. The Balaban J connectivity index is 1.98. The quantitative estimate of drug-likeness (QED) is 0.755. The van der Waals surface area contributed by atoms with Crippen LogP contribution in [0, 0.1) is 5.92 Å². The van der Waals surface area contributed by atoms with E-state index in [1.54, 1.807) is 0 Å². The van der Waals surface area contributed by atoms with Gasteiger partial charge in [0.25, 0.3) is 0 Å². The number of rotatable bonds is 6. The number of anilines is 2. The van der Waals surface area contributed by atoms with Gasteiger partial charge in [0.1, 0.15) is 5.75 Å². The van der Waals surface area contributed by atoms with Crippen LogP contribution in [0.5, 0.6) is 5.75 Å². The predicted molar refractivity (Wildman–Crippen MR) is 86.3 cm³/mol. The van der Waals surface area contributed by atoms with E-state index >= 15 is 0 Å². The Labute approximate surface area is 122 Å². The fourth-order valence-electron chi connectivity index (χ4n) is 3.02. The summed E-state index contributed by atoms with van der Waals surface area (Å²) in [6.45, 7) is 5.13. The molecular weight excluding hydrogens is 248 g/mol. The fourth-order valence-corrected chi connectivity index (χ4v) is 3.02. The van der Waals surface area contributed by atoms with Crippen LogP contribution in [0.1, 0.15) is 52.4 Å². The van der Waals surface area contributed by atoms with Gasteiger partial charge in [0.2, 0.25) is 0 Å². The third-order valence-corrected chi connectivity index (χ3v) is 4.15. The summed E-state index contributed by atoms with van der Waals surface area (Å²) in [6, 6.07) is 6.45. The highest BCUT2D eigenvalue weighted by Gasteiger charge is 2.20. The molecule has 1 aromatic rings. The van der Waals surface area contributed by atoms with Crippen LogP contribution in [0.15, 0.2) is 18.2 Å². The molecule has 3 heteroatoms. The summed E-state index contributed by atoms with van der Waals surface area (Å²) in [7, 11) is 0. The number of hydrogen-bond donors (Lipinski definition) is 2. The monoisotopic (exact) mass is 276 g/mol. The smallest absolute Gasteiger partial charge is 0.123 e. The standard InChI is InChI=1S/C17H28N2O/c1-3-9-20-17-11-15(18)10-16(12-17)19-13(2)14-7-5-4-6-8-14/h10-14,19H,3-9,18H2,1-2H3. The predicted octanol–water partition coefficient (Wildman–Crippen LogP) is 4.44. The van der Waals surface area contributed by atoms with Crippen molar-refractivity contribution >= 4 is 11.4 Å². The lowest BCUT2D eigenvalue weighted by molar-refractivity contribution is 0.317. The maximum absolute atomic E-state index is 5.97. The first kappa shape index (κ1) is 15.0. The second-order valence-corrected chi connectivity index (χ2v) is 5.97.